The van der Waals surface area contributed by atoms with Crippen LogP contribution < -0.4 is 0 Å². The summed E-state index contributed by atoms with van der Waals surface area (Å²) in [5.74, 6) is -0.286. The summed E-state index contributed by atoms with van der Waals surface area (Å²) in [6.07, 6.45) is -0.577. The zero-order chi connectivity index (χ0) is 13.3. The normalized spacial score (nSPS) is 24.5. The molecule has 0 radical (unpaired) electrons. The number of aliphatic hydroxyl groups is 1. The molecule has 0 bridgehead atoms. The zero-order valence-corrected chi connectivity index (χ0v) is 11.2. The van der Waals surface area contributed by atoms with Crippen LogP contribution >= 0.6 is 0 Å². The minimum absolute atomic E-state index is 0.0719. The summed E-state index contributed by atoms with van der Waals surface area (Å²) in [5, 5.41) is 9.13. The molecule has 0 saturated carbocycles. The lowest BCUT2D eigenvalue weighted by atomic mass is 10.2. The van der Waals surface area contributed by atoms with Crippen molar-refractivity contribution in [1.82, 2.24) is 4.90 Å². The summed E-state index contributed by atoms with van der Waals surface area (Å²) in [7, 11) is -3.16. The third kappa shape index (κ3) is 4.16. The van der Waals surface area contributed by atoms with Crippen LogP contribution in [0.1, 0.15) is 20.8 Å². The first-order chi connectivity index (χ1) is 7.64. The second-order valence-electron chi connectivity index (χ2n) is 5.12. The fraction of sp³-hybridized carbons (Fsp3) is 0.900. The van der Waals surface area contributed by atoms with Crippen LogP contribution in [0.25, 0.3) is 0 Å². The number of aliphatic hydroxyl groups excluding tert-OH is 1. The number of ether oxygens (including phenoxy) is 1. The van der Waals surface area contributed by atoms with E-state index in [1.807, 2.05) is 0 Å². The summed E-state index contributed by atoms with van der Waals surface area (Å²) in [4.78, 5) is 13.1. The number of hydrogen-bond donors (Lipinski definition) is 1. The summed E-state index contributed by atoms with van der Waals surface area (Å²) in [6.45, 7) is 4.90. The van der Waals surface area contributed by atoms with E-state index in [1.165, 1.54) is 4.90 Å². The third-order valence-corrected chi connectivity index (χ3v) is 4.07. The lowest BCUT2D eigenvalue weighted by Gasteiger charge is -2.35. The number of hydrogen-bond acceptors (Lipinski definition) is 5. The molecule has 1 aliphatic rings. The molecule has 7 heteroatoms. The second-order valence-corrected chi connectivity index (χ2v) is 7.35. The Labute approximate surface area is 101 Å². The number of rotatable bonds is 1. The van der Waals surface area contributed by atoms with E-state index in [4.69, 9.17) is 9.84 Å². The monoisotopic (exact) mass is 265 g/mol. The molecule has 17 heavy (non-hydrogen) atoms. The molecule has 1 fully saturated rings. The van der Waals surface area contributed by atoms with Gasteiger partial charge in [-0.2, -0.15) is 0 Å². The SMILES string of the molecule is CC(C)(C)OC(=O)N1CCS(=O)(=O)C[C@@H]1CO. The molecule has 1 amide bonds. The molecule has 0 aliphatic carbocycles. The van der Waals surface area contributed by atoms with E-state index >= 15 is 0 Å². The van der Waals surface area contributed by atoms with Gasteiger partial charge in [0.05, 0.1) is 24.2 Å². The minimum Gasteiger partial charge on any atom is -0.444 e. The molecule has 1 N–H and O–H groups in total. The van der Waals surface area contributed by atoms with Crippen LogP contribution in [0.3, 0.4) is 0 Å². The molecule has 100 valence electrons. The summed E-state index contributed by atoms with van der Waals surface area (Å²) in [5.41, 5.74) is -0.632. The molecule has 1 heterocycles. The summed E-state index contributed by atoms with van der Waals surface area (Å²) >= 11 is 0. The first kappa shape index (κ1) is 14.2. The number of sulfone groups is 1. The Bertz CT molecular complexity index is 384. The van der Waals surface area contributed by atoms with Gasteiger partial charge in [0.25, 0.3) is 0 Å². The molecule has 1 aliphatic heterocycles. The van der Waals surface area contributed by atoms with E-state index < -0.39 is 27.6 Å². The van der Waals surface area contributed by atoms with Crippen LogP contribution in [0.5, 0.6) is 0 Å². The Morgan fingerprint density at radius 2 is 2.06 bits per heavy atom. The van der Waals surface area contributed by atoms with Gasteiger partial charge in [-0.05, 0) is 20.8 Å². The first-order valence-electron chi connectivity index (χ1n) is 5.45. The van der Waals surface area contributed by atoms with Gasteiger partial charge in [0.1, 0.15) is 5.60 Å². The van der Waals surface area contributed by atoms with E-state index in [0.29, 0.717) is 0 Å². The molecule has 0 spiro atoms. The molecule has 1 rings (SSSR count). The topological polar surface area (TPSA) is 83.9 Å². The minimum atomic E-state index is -3.16. The van der Waals surface area contributed by atoms with E-state index in [-0.39, 0.29) is 24.7 Å². The zero-order valence-electron chi connectivity index (χ0n) is 10.3. The van der Waals surface area contributed by atoms with E-state index in [9.17, 15) is 13.2 Å². The number of carbonyl (C=O) groups is 1. The molecular formula is C10H19NO5S. The van der Waals surface area contributed by atoms with Crippen molar-refractivity contribution in [3.05, 3.63) is 0 Å². The van der Waals surface area contributed by atoms with Crippen molar-refractivity contribution in [3.63, 3.8) is 0 Å². The molecule has 0 aromatic rings. The summed E-state index contributed by atoms with van der Waals surface area (Å²) in [6, 6.07) is -0.705. The smallest absolute Gasteiger partial charge is 0.410 e. The van der Waals surface area contributed by atoms with Gasteiger partial charge in [-0.15, -0.1) is 0 Å². The van der Waals surface area contributed by atoms with Crippen LogP contribution in [0.4, 0.5) is 4.79 Å². The highest BCUT2D eigenvalue weighted by Gasteiger charge is 2.35. The highest BCUT2D eigenvalue weighted by Crippen LogP contribution is 2.16. The average molecular weight is 265 g/mol. The Morgan fingerprint density at radius 1 is 1.47 bits per heavy atom. The van der Waals surface area contributed by atoms with Gasteiger partial charge >= 0.3 is 6.09 Å². The largest absolute Gasteiger partial charge is 0.444 e. The summed E-state index contributed by atoms with van der Waals surface area (Å²) < 4.78 is 27.9. The third-order valence-electron chi connectivity index (χ3n) is 2.37. The molecule has 1 saturated heterocycles. The maximum atomic E-state index is 11.8. The van der Waals surface area contributed by atoms with E-state index in [2.05, 4.69) is 0 Å². The molecular weight excluding hydrogens is 246 g/mol. The van der Waals surface area contributed by atoms with Crippen molar-refractivity contribution in [1.29, 1.82) is 0 Å². The van der Waals surface area contributed by atoms with E-state index in [1.54, 1.807) is 20.8 Å². The van der Waals surface area contributed by atoms with Crippen LogP contribution in [0.15, 0.2) is 0 Å². The Kier molecular flexibility index (Phi) is 4.03. The predicted molar refractivity (Wildman–Crippen MR) is 62.5 cm³/mol. The van der Waals surface area contributed by atoms with Crippen LogP contribution in [0.2, 0.25) is 0 Å². The molecule has 0 aromatic heterocycles. The van der Waals surface area contributed by atoms with Crippen LogP contribution in [-0.4, -0.2) is 60.8 Å². The number of nitrogens with zero attached hydrogens (tertiary/aromatic N) is 1. The Hall–Kier alpha value is -0.820. The van der Waals surface area contributed by atoms with Gasteiger partial charge < -0.3 is 14.7 Å². The first-order valence-corrected chi connectivity index (χ1v) is 7.28. The second kappa shape index (κ2) is 4.81. The Balaban J connectivity index is 2.74. The van der Waals surface area contributed by atoms with E-state index in [0.717, 1.165) is 0 Å². The molecule has 1 atom stereocenters. The van der Waals surface area contributed by atoms with Crippen molar-refractivity contribution in [2.75, 3.05) is 24.7 Å². The van der Waals surface area contributed by atoms with Gasteiger partial charge in [0.2, 0.25) is 0 Å². The van der Waals surface area contributed by atoms with Gasteiger partial charge in [-0.25, -0.2) is 13.2 Å². The number of carbonyl (C=O) groups excluding carboxylic acids is 1. The van der Waals surface area contributed by atoms with Crippen molar-refractivity contribution in [2.45, 2.75) is 32.4 Å². The molecule has 6 nitrogen and oxygen atoms in total. The van der Waals surface area contributed by atoms with Crippen molar-refractivity contribution in [2.24, 2.45) is 0 Å². The van der Waals surface area contributed by atoms with Crippen LogP contribution in [0, 0.1) is 0 Å². The lowest BCUT2D eigenvalue weighted by Crippen LogP contribution is -2.54. The quantitative estimate of drug-likeness (QED) is 0.722. The maximum absolute atomic E-state index is 11.8. The van der Waals surface area contributed by atoms with Gasteiger partial charge in [-0.1, -0.05) is 0 Å². The van der Waals surface area contributed by atoms with Crippen molar-refractivity contribution >= 4 is 15.9 Å². The van der Waals surface area contributed by atoms with Crippen molar-refractivity contribution < 1.29 is 23.1 Å². The standard InChI is InChI=1S/C10H19NO5S/c1-10(2,3)16-9(13)11-4-5-17(14,15)7-8(11)6-12/h8,12H,4-7H2,1-3H3/t8-/m0/s1. The van der Waals surface area contributed by atoms with Gasteiger partial charge in [-0.3, -0.25) is 0 Å². The fourth-order valence-corrected chi connectivity index (χ4v) is 3.11. The molecule has 0 unspecified atom stereocenters. The average Bonchev–Trinajstić information content (AvgIpc) is 2.13. The van der Waals surface area contributed by atoms with Gasteiger partial charge in [0.15, 0.2) is 9.84 Å². The highest BCUT2D eigenvalue weighted by atomic mass is 32.2. The van der Waals surface area contributed by atoms with Crippen molar-refractivity contribution in [3.8, 4) is 0 Å². The lowest BCUT2D eigenvalue weighted by molar-refractivity contribution is 0.0124. The fourth-order valence-electron chi connectivity index (χ4n) is 1.60. The Morgan fingerprint density at radius 3 is 2.53 bits per heavy atom. The van der Waals surface area contributed by atoms with Gasteiger partial charge in [0, 0.05) is 6.54 Å². The maximum Gasteiger partial charge on any atom is 0.410 e. The molecule has 0 aromatic carbocycles. The highest BCUT2D eigenvalue weighted by molar-refractivity contribution is 7.91. The number of amides is 1. The predicted octanol–water partition coefficient (Wildman–Crippen LogP) is 0.0128. The van der Waals surface area contributed by atoms with Crippen LogP contribution in [-0.2, 0) is 14.6 Å².